The predicted molar refractivity (Wildman–Crippen MR) is 57.4 cm³/mol. The first-order valence-electron chi connectivity index (χ1n) is 5.99. The zero-order valence-electron chi connectivity index (χ0n) is 9.24. The van der Waals surface area contributed by atoms with E-state index in [-0.39, 0.29) is 23.8 Å². The summed E-state index contributed by atoms with van der Waals surface area (Å²) >= 11 is 0. The Morgan fingerprint density at radius 1 is 1.50 bits per heavy atom. The van der Waals surface area contributed by atoms with E-state index in [9.17, 15) is 9.59 Å². The molecule has 16 heavy (non-hydrogen) atoms. The number of hydrogen-bond donors (Lipinski definition) is 2. The molecular formula is C11H17N3O2. The molecule has 0 aromatic rings. The normalized spacial score (nSPS) is 35.6. The smallest absolute Gasteiger partial charge is 0.242 e. The first kappa shape index (κ1) is 10.1. The summed E-state index contributed by atoms with van der Waals surface area (Å²) in [5.74, 6) is 0.156. The molecule has 3 rings (SSSR count). The second-order valence-corrected chi connectivity index (χ2v) is 5.22. The second-order valence-electron chi connectivity index (χ2n) is 5.22. The lowest BCUT2D eigenvalue weighted by Gasteiger charge is -2.37. The topological polar surface area (TPSA) is 75.4 Å². The fourth-order valence-electron chi connectivity index (χ4n) is 2.84. The SMILES string of the molecule is NC1(C(=O)N2CCCC3C(=O)NCC32)CC1. The molecular weight excluding hydrogens is 206 g/mol. The third-order valence-corrected chi connectivity index (χ3v) is 4.08. The van der Waals surface area contributed by atoms with E-state index in [1.807, 2.05) is 4.90 Å². The van der Waals surface area contributed by atoms with Gasteiger partial charge in [0.05, 0.1) is 17.5 Å². The van der Waals surface area contributed by atoms with Crippen LogP contribution in [0, 0.1) is 5.92 Å². The van der Waals surface area contributed by atoms with Gasteiger partial charge >= 0.3 is 0 Å². The van der Waals surface area contributed by atoms with Gasteiger partial charge in [-0.15, -0.1) is 0 Å². The van der Waals surface area contributed by atoms with Crippen molar-refractivity contribution in [1.82, 2.24) is 10.2 Å². The van der Waals surface area contributed by atoms with Crippen LogP contribution in [0.2, 0.25) is 0 Å². The summed E-state index contributed by atoms with van der Waals surface area (Å²) in [4.78, 5) is 25.6. The van der Waals surface area contributed by atoms with Crippen molar-refractivity contribution in [3.05, 3.63) is 0 Å². The quantitative estimate of drug-likeness (QED) is 0.612. The molecule has 5 nitrogen and oxygen atoms in total. The van der Waals surface area contributed by atoms with Gasteiger partial charge in [-0.25, -0.2) is 0 Å². The molecule has 2 atom stereocenters. The summed E-state index contributed by atoms with van der Waals surface area (Å²) in [6.07, 6.45) is 3.40. The van der Waals surface area contributed by atoms with E-state index >= 15 is 0 Å². The standard InChI is InChI=1S/C11H17N3O2/c12-11(3-4-11)10(16)14-5-1-2-7-8(14)6-13-9(7)15/h7-8H,1-6,12H2,(H,13,15). The third kappa shape index (κ3) is 1.34. The number of likely N-dealkylation sites (tertiary alicyclic amines) is 1. The molecule has 3 N–H and O–H groups in total. The van der Waals surface area contributed by atoms with Crippen LogP contribution >= 0.6 is 0 Å². The van der Waals surface area contributed by atoms with E-state index in [0.29, 0.717) is 6.54 Å². The van der Waals surface area contributed by atoms with Crippen molar-refractivity contribution < 1.29 is 9.59 Å². The summed E-state index contributed by atoms with van der Waals surface area (Å²) in [5, 5.41) is 2.84. The van der Waals surface area contributed by atoms with Crippen molar-refractivity contribution in [1.29, 1.82) is 0 Å². The molecule has 2 heterocycles. The summed E-state index contributed by atoms with van der Waals surface area (Å²) < 4.78 is 0. The number of piperidine rings is 1. The van der Waals surface area contributed by atoms with Crippen LogP contribution < -0.4 is 11.1 Å². The van der Waals surface area contributed by atoms with Gasteiger partial charge in [0.1, 0.15) is 0 Å². The number of carbonyl (C=O) groups excluding carboxylic acids is 2. The Balaban J connectivity index is 1.80. The van der Waals surface area contributed by atoms with Crippen molar-refractivity contribution in [2.45, 2.75) is 37.3 Å². The maximum Gasteiger partial charge on any atom is 0.242 e. The lowest BCUT2D eigenvalue weighted by atomic mass is 9.91. The molecule has 0 aromatic carbocycles. The van der Waals surface area contributed by atoms with Crippen LogP contribution in [0.25, 0.3) is 0 Å². The maximum absolute atomic E-state index is 12.2. The Labute approximate surface area is 94.3 Å². The van der Waals surface area contributed by atoms with Gasteiger partial charge in [0.2, 0.25) is 11.8 Å². The van der Waals surface area contributed by atoms with Crippen LogP contribution in [-0.2, 0) is 9.59 Å². The highest BCUT2D eigenvalue weighted by Crippen LogP contribution is 2.37. The minimum atomic E-state index is -0.604. The number of carbonyl (C=O) groups is 2. The number of hydrogen-bond acceptors (Lipinski definition) is 3. The van der Waals surface area contributed by atoms with Gasteiger partial charge in [0, 0.05) is 13.1 Å². The molecule has 0 radical (unpaired) electrons. The van der Waals surface area contributed by atoms with Crippen molar-refractivity contribution >= 4 is 11.8 Å². The first-order chi connectivity index (χ1) is 7.62. The minimum absolute atomic E-state index is 0.0000463. The Kier molecular flexibility index (Phi) is 2.01. The van der Waals surface area contributed by atoms with Crippen molar-refractivity contribution in [2.24, 2.45) is 11.7 Å². The van der Waals surface area contributed by atoms with Crippen LogP contribution in [0.3, 0.4) is 0 Å². The van der Waals surface area contributed by atoms with E-state index < -0.39 is 5.54 Å². The predicted octanol–water partition coefficient (Wildman–Crippen LogP) is -0.785. The van der Waals surface area contributed by atoms with Crippen molar-refractivity contribution in [3.8, 4) is 0 Å². The average Bonchev–Trinajstić information content (AvgIpc) is 2.93. The van der Waals surface area contributed by atoms with Gasteiger partial charge in [0.25, 0.3) is 0 Å². The van der Waals surface area contributed by atoms with Gasteiger partial charge in [-0.2, -0.15) is 0 Å². The molecule has 2 saturated heterocycles. The molecule has 3 fully saturated rings. The third-order valence-electron chi connectivity index (χ3n) is 4.08. The Hall–Kier alpha value is -1.10. The Bertz CT molecular complexity index is 351. The van der Waals surface area contributed by atoms with E-state index in [4.69, 9.17) is 5.73 Å². The molecule has 5 heteroatoms. The van der Waals surface area contributed by atoms with Crippen LogP contribution in [0.5, 0.6) is 0 Å². The zero-order valence-corrected chi connectivity index (χ0v) is 9.24. The zero-order chi connectivity index (χ0) is 11.3. The summed E-state index contributed by atoms with van der Waals surface area (Å²) in [5.41, 5.74) is 5.34. The fourth-order valence-corrected chi connectivity index (χ4v) is 2.84. The Morgan fingerprint density at radius 2 is 2.25 bits per heavy atom. The van der Waals surface area contributed by atoms with Gasteiger partial charge in [-0.05, 0) is 25.7 Å². The highest BCUT2D eigenvalue weighted by atomic mass is 16.2. The second kappa shape index (κ2) is 3.20. The molecule has 2 unspecified atom stereocenters. The highest BCUT2D eigenvalue weighted by Gasteiger charge is 2.52. The maximum atomic E-state index is 12.2. The van der Waals surface area contributed by atoms with Gasteiger partial charge in [-0.3, -0.25) is 9.59 Å². The monoisotopic (exact) mass is 223 g/mol. The highest BCUT2D eigenvalue weighted by molar-refractivity contribution is 5.91. The number of fused-ring (bicyclic) bond motifs is 1. The summed E-state index contributed by atoms with van der Waals surface area (Å²) in [6, 6.07) is 0.0507. The number of nitrogens with two attached hydrogens (primary N) is 1. The molecule has 0 spiro atoms. The Morgan fingerprint density at radius 3 is 2.94 bits per heavy atom. The molecule has 3 aliphatic rings. The van der Waals surface area contributed by atoms with Gasteiger partial charge < -0.3 is 16.0 Å². The minimum Gasteiger partial charge on any atom is -0.354 e. The first-order valence-corrected chi connectivity index (χ1v) is 5.99. The molecule has 1 saturated carbocycles. The van der Waals surface area contributed by atoms with E-state index in [2.05, 4.69) is 5.32 Å². The van der Waals surface area contributed by atoms with Gasteiger partial charge in [-0.1, -0.05) is 0 Å². The van der Waals surface area contributed by atoms with Crippen LogP contribution in [-0.4, -0.2) is 41.4 Å². The van der Waals surface area contributed by atoms with Crippen LogP contribution in [0.4, 0.5) is 0 Å². The molecule has 0 bridgehead atoms. The summed E-state index contributed by atoms with van der Waals surface area (Å²) in [7, 11) is 0. The van der Waals surface area contributed by atoms with E-state index in [1.54, 1.807) is 0 Å². The summed E-state index contributed by atoms with van der Waals surface area (Å²) in [6.45, 7) is 1.36. The van der Waals surface area contributed by atoms with E-state index in [0.717, 1.165) is 32.2 Å². The lowest BCUT2D eigenvalue weighted by Crippen LogP contribution is -2.55. The largest absolute Gasteiger partial charge is 0.354 e. The van der Waals surface area contributed by atoms with Crippen LogP contribution in [0.15, 0.2) is 0 Å². The molecule has 0 aromatic heterocycles. The fraction of sp³-hybridized carbons (Fsp3) is 0.818. The number of nitrogens with one attached hydrogen (secondary N) is 1. The average molecular weight is 223 g/mol. The molecule has 2 aliphatic heterocycles. The van der Waals surface area contributed by atoms with Crippen molar-refractivity contribution in [3.63, 3.8) is 0 Å². The molecule has 2 amide bonds. The molecule has 88 valence electrons. The van der Waals surface area contributed by atoms with E-state index in [1.165, 1.54) is 0 Å². The van der Waals surface area contributed by atoms with Crippen molar-refractivity contribution in [2.75, 3.05) is 13.1 Å². The number of nitrogens with zero attached hydrogens (tertiary/aromatic N) is 1. The van der Waals surface area contributed by atoms with Crippen LogP contribution in [0.1, 0.15) is 25.7 Å². The lowest BCUT2D eigenvalue weighted by molar-refractivity contribution is -0.139. The number of amides is 2. The van der Waals surface area contributed by atoms with Gasteiger partial charge in [0.15, 0.2) is 0 Å². The number of rotatable bonds is 1. The molecule has 1 aliphatic carbocycles.